The van der Waals surface area contributed by atoms with E-state index < -0.39 is 0 Å². The van der Waals surface area contributed by atoms with E-state index in [-0.39, 0.29) is 0 Å². The third-order valence-corrected chi connectivity index (χ3v) is 5.18. The second-order valence-corrected chi connectivity index (χ2v) is 7.19. The Balaban J connectivity index is 1.49. The molecule has 146 valence electrons. The van der Waals surface area contributed by atoms with Crippen LogP contribution in [0.1, 0.15) is 24.6 Å². The van der Waals surface area contributed by atoms with Crippen LogP contribution in [0.4, 0.5) is 5.95 Å². The lowest BCUT2D eigenvalue weighted by molar-refractivity contribution is 0.285. The van der Waals surface area contributed by atoms with Crippen molar-refractivity contribution in [2.24, 2.45) is 0 Å². The number of anilines is 1. The lowest BCUT2D eigenvalue weighted by Crippen LogP contribution is -2.31. The van der Waals surface area contributed by atoms with Gasteiger partial charge in [0.2, 0.25) is 5.95 Å². The third kappa shape index (κ3) is 4.22. The van der Waals surface area contributed by atoms with Gasteiger partial charge in [-0.2, -0.15) is 0 Å². The summed E-state index contributed by atoms with van der Waals surface area (Å²) >= 11 is 0. The fraction of sp³-hybridized carbons (Fsp3) is 0.409. The summed E-state index contributed by atoms with van der Waals surface area (Å²) in [5, 5.41) is 1.06. The first-order valence-corrected chi connectivity index (χ1v) is 10.0. The third-order valence-electron chi connectivity index (χ3n) is 5.18. The predicted molar refractivity (Wildman–Crippen MR) is 112 cm³/mol. The van der Waals surface area contributed by atoms with Crippen LogP contribution in [0.3, 0.4) is 0 Å². The summed E-state index contributed by atoms with van der Waals surface area (Å²) in [4.78, 5) is 18.6. The molecule has 28 heavy (non-hydrogen) atoms. The molecule has 1 fully saturated rings. The number of nitrogens with zero attached hydrogens (tertiary/aromatic N) is 5. The molecular weight excluding hydrogens is 350 g/mol. The first kappa shape index (κ1) is 18.6. The van der Waals surface area contributed by atoms with Gasteiger partial charge in [-0.3, -0.25) is 9.88 Å². The Bertz CT molecular complexity index is 931. The molecule has 0 amide bonds. The number of benzene rings is 1. The number of aromatic nitrogens is 3. The van der Waals surface area contributed by atoms with Gasteiger partial charge in [-0.25, -0.2) is 9.97 Å². The fourth-order valence-electron chi connectivity index (χ4n) is 3.72. The van der Waals surface area contributed by atoms with Gasteiger partial charge in [-0.1, -0.05) is 0 Å². The number of pyridine rings is 1. The predicted octanol–water partition coefficient (Wildman–Crippen LogP) is 3.44. The van der Waals surface area contributed by atoms with Crippen molar-refractivity contribution in [3.05, 3.63) is 54.0 Å². The SMILES string of the molecule is CCOc1ccc2nc(N3CCCN(Cc4ccncc4)CC3)nc(C)c2c1. The normalized spacial score (nSPS) is 15.6. The largest absolute Gasteiger partial charge is 0.494 e. The van der Waals surface area contributed by atoms with Crippen LogP contribution in [0.2, 0.25) is 0 Å². The Labute approximate surface area is 166 Å². The Hall–Kier alpha value is -2.73. The highest BCUT2D eigenvalue weighted by Crippen LogP contribution is 2.24. The number of hydrogen-bond donors (Lipinski definition) is 0. The summed E-state index contributed by atoms with van der Waals surface area (Å²) < 4.78 is 5.62. The second kappa shape index (κ2) is 8.52. The first-order chi connectivity index (χ1) is 13.7. The van der Waals surface area contributed by atoms with Gasteiger partial charge in [0.15, 0.2) is 0 Å². The summed E-state index contributed by atoms with van der Waals surface area (Å²) in [6, 6.07) is 10.2. The van der Waals surface area contributed by atoms with E-state index in [1.54, 1.807) is 0 Å². The van der Waals surface area contributed by atoms with Gasteiger partial charge in [-0.05, 0) is 56.2 Å². The maximum atomic E-state index is 5.62. The van der Waals surface area contributed by atoms with Crippen molar-refractivity contribution in [3.63, 3.8) is 0 Å². The quantitative estimate of drug-likeness (QED) is 0.679. The van der Waals surface area contributed by atoms with Crippen LogP contribution in [0.25, 0.3) is 10.9 Å². The summed E-state index contributed by atoms with van der Waals surface area (Å²) in [7, 11) is 0. The molecule has 1 saturated heterocycles. The van der Waals surface area contributed by atoms with E-state index in [2.05, 4.69) is 33.8 Å². The molecule has 4 rings (SSSR count). The minimum Gasteiger partial charge on any atom is -0.494 e. The van der Waals surface area contributed by atoms with Crippen molar-refractivity contribution in [2.75, 3.05) is 37.7 Å². The topological polar surface area (TPSA) is 54.4 Å². The lowest BCUT2D eigenvalue weighted by atomic mass is 10.2. The molecule has 0 bridgehead atoms. The van der Waals surface area contributed by atoms with E-state index >= 15 is 0 Å². The monoisotopic (exact) mass is 377 g/mol. The molecule has 0 unspecified atom stereocenters. The first-order valence-electron chi connectivity index (χ1n) is 10.0. The van der Waals surface area contributed by atoms with E-state index in [0.717, 1.165) is 67.4 Å². The van der Waals surface area contributed by atoms with Gasteiger partial charge in [0.25, 0.3) is 0 Å². The molecule has 0 saturated carbocycles. The number of ether oxygens (including phenoxy) is 1. The van der Waals surface area contributed by atoms with Crippen LogP contribution < -0.4 is 9.64 Å². The highest BCUT2D eigenvalue weighted by molar-refractivity contribution is 5.83. The molecule has 2 aromatic heterocycles. The highest BCUT2D eigenvalue weighted by Gasteiger charge is 2.18. The van der Waals surface area contributed by atoms with Crippen LogP contribution in [0.5, 0.6) is 5.75 Å². The van der Waals surface area contributed by atoms with E-state index in [4.69, 9.17) is 14.7 Å². The molecule has 0 spiro atoms. The zero-order chi connectivity index (χ0) is 19.3. The molecule has 0 aliphatic carbocycles. The molecule has 6 heteroatoms. The van der Waals surface area contributed by atoms with E-state index in [1.807, 2.05) is 37.5 Å². The summed E-state index contributed by atoms with van der Waals surface area (Å²) in [6.45, 7) is 9.68. The lowest BCUT2D eigenvalue weighted by Gasteiger charge is -2.22. The average molecular weight is 377 g/mol. The summed E-state index contributed by atoms with van der Waals surface area (Å²) in [5.74, 6) is 1.70. The van der Waals surface area contributed by atoms with Crippen molar-refractivity contribution in [1.29, 1.82) is 0 Å². The maximum absolute atomic E-state index is 5.62. The Morgan fingerprint density at radius 2 is 1.86 bits per heavy atom. The number of aryl methyl sites for hydroxylation is 1. The van der Waals surface area contributed by atoms with Crippen molar-refractivity contribution in [3.8, 4) is 5.75 Å². The molecule has 3 aromatic rings. The molecule has 0 radical (unpaired) electrons. The molecule has 0 atom stereocenters. The molecule has 3 heterocycles. The standard InChI is InChI=1S/C22H27N5O/c1-3-28-19-5-6-21-20(15-19)17(2)24-22(25-21)27-12-4-11-26(13-14-27)16-18-7-9-23-10-8-18/h5-10,15H,3-4,11-14,16H2,1-2H3. The Kier molecular flexibility index (Phi) is 5.67. The maximum Gasteiger partial charge on any atom is 0.226 e. The van der Waals surface area contributed by atoms with Crippen LogP contribution in [-0.2, 0) is 6.54 Å². The van der Waals surface area contributed by atoms with Crippen molar-refractivity contribution < 1.29 is 4.74 Å². The van der Waals surface area contributed by atoms with E-state index in [0.29, 0.717) is 6.61 Å². The van der Waals surface area contributed by atoms with Crippen LogP contribution >= 0.6 is 0 Å². The van der Waals surface area contributed by atoms with Gasteiger partial charge in [-0.15, -0.1) is 0 Å². The average Bonchev–Trinajstić information content (AvgIpc) is 2.95. The van der Waals surface area contributed by atoms with Gasteiger partial charge in [0.05, 0.1) is 17.8 Å². The molecule has 1 aliphatic heterocycles. The number of hydrogen-bond acceptors (Lipinski definition) is 6. The Morgan fingerprint density at radius 3 is 2.68 bits per heavy atom. The van der Waals surface area contributed by atoms with Gasteiger partial charge in [0, 0.05) is 50.5 Å². The molecule has 1 aliphatic rings. The Morgan fingerprint density at radius 1 is 1.00 bits per heavy atom. The van der Waals surface area contributed by atoms with Crippen LogP contribution in [0, 0.1) is 6.92 Å². The molecular formula is C22H27N5O. The van der Waals surface area contributed by atoms with Crippen molar-refractivity contribution in [1.82, 2.24) is 19.9 Å². The zero-order valence-corrected chi connectivity index (χ0v) is 16.6. The summed E-state index contributed by atoms with van der Waals surface area (Å²) in [5.41, 5.74) is 3.29. The zero-order valence-electron chi connectivity index (χ0n) is 16.6. The number of rotatable bonds is 5. The van der Waals surface area contributed by atoms with Crippen LogP contribution in [0.15, 0.2) is 42.7 Å². The molecule has 6 nitrogen and oxygen atoms in total. The van der Waals surface area contributed by atoms with Gasteiger partial charge >= 0.3 is 0 Å². The molecule has 1 aromatic carbocycles. The van der Waals surface area contributed by atoms with Crippen molar-refractivity contribution >= 4 is 16.9 Å². The van der Waals surface area contributed by atoms with Gasteiger partial charge in [0.1, 0.15) is 5.75 Å². The minimum atomic E-state index is 0.660. The smallest absolute Gasteiger partial charge is 0.226 e. The van der Waals surface area contributed by atoms with Crippen molar-refractivity contribution in [2.45, 2.75) is 26.8 Å². The van der Waals surface area contributed by atoms with Crippen LogP contribution in [-0.4, -0.2) is 52.6 Å². The molecule has 0 N–H and O–H groups in total. The second-order valence-electron chi connectivity index (χ2n) is 7.19. The van der Waals surface area contributed by atoms with Gasteiger partial charge < -0.3 is 9.64 Å². The summed E-state index contributed by atoms with van der Waals surface area (Å²) in [6.07, 6.45) is 4.83. The van der Waals surface area contributed by atoms with E-state index in [1.165, 1.54) is 5.56 Å². The van der Waals surface area contributed by atoms with E-state index in [9.17, 15) is 0 Å². The fourth-order valence-corrected chi connectivity index (χ4v) is 3.72. The highest BCUT2D eigenvalue weighted by atomic mass is 16.5. The minimum absolute atomic E-state index is 0.660. The number of fused-ring (bicyclic) bond motifs is 1.